The molecule has 3 heterocycles. The summed E-state index contributed by atoms with van der Waals surface area (Å²) in [4.78, 5) is 19.6. The molecule has 2 aromatic rings. The lowest BCUT2D eigenvalue weighted by Crippen LogP contribution is -2.46. The Bertz CT molecular complexity index is 875. The number of amides is 1. The van der Waals surface area contributed by atoms with Crippen LogP contribution in [0.15, 0.2) is 4.52 Å². The Morgan fingerprint density at radius 1 is 1.24 bits per heavy atom. The van der Waals surface area contributed by atoms with Gasteiger partial charge in [-0.3, -0.25) is 9.48 Å². The smallest absolute Gasteiger partial charge is 0.259 e. The van der Waals surface area contributed by atoms with Crippen LogP contribution in [0.4, 0.5) is 0 Å². The van der Waals surface area contributed by atoms with Crippen molar-refractivity contribution in [3.63, 3.8) is 0 Å². The van der Waals surface area contributed by atoms with Crippen molar-refractivity contribution >= 4 is 5.91 Å². The zero-order chi connectivity index (χ0) is 20.6. The number of ether oxygens (including phenoxy) is 1. The molecule has 0 atom stereocenters. The lowest BCUT2D eigenvalue weighted by Gasteiger charge is -2.38. The van der Waals surface area contributed by atoms with Crippen molar-refractivity contribution in [2.75, 3.05) is 20.2 Å². The third-order valence-electron chi connectivity index (χ3n) is 6.44. The topological polar surface area (TPSA) is 86.3 Å². The first-order chi connectivity index (χ1) is 14.0. The van der Waals surface area contributed by atoms with Crippen LogP contribution in [-0.4, -0.2) is 50.9 Å². The van der Waals surface area contributed by atoms with Crippen LogP contribution in [0.5, 0.6) is 0 Å². The fraction of sp³-hybridized carbons (Fsp3) is 0.714. The molecule has 1 aliphatic carbocycles. The number of nitrogens with zero attached hydrogens (tertiary/aromatic N) is 5. The van der Waals surface area contributed by atoms with E-state index in [1.807, 2.05) is 16.6 Å². The normalized spacial score (nSPS) is 19.0. The number of rotatable bonds is 7. The van der Waals surface area contributed by atoms with E-state index >= 15 is 0 Å². The molecule has 4 rings (SSSR count). The zero-order valence-corrected chi connectivity index (χ0v) is 17.9. The molecule has 1 aliphatic heterocycles. The molecule has 0 N–H and O–H groups in total. The minimum Gasteiger partial charge on any atom is -0.368 e. The lowest BCUT2D eigenvalue weighted by molar-refractivity contribution is -0.138. The molecule has 0 radical (unpaired) electrons. The summed E-state index contributed by atoms with van der Waals surface area (Å²) in [6.07, 6.45) is 5.71. The number of likely N-dealkylation sites (tertiary alicyclic amines) is 1. The highest BCUT2D eigenvalue weighted by Gasteiger charge is 2.43. The second-order valence-electron chi connectivity index (χ2n) is 8.19. The molecule has 1 saturated heterocycles. The average molecular weight is 402 g/mol. The number of carbonyl (C=O) groups excluding carboxylic acids is 1. The van der Waals surface area contributed by atoms with Gasteiger partial charge in [0.1, 0.15) is 5.60 Å². The fourth-order valence-electron chi connectivity index (χ4n) is 4.41. The molecular formula is C21H31N5O3. The molecule has 2 aromatic heterocycles. The molecule has 8 heteroatoms. The zero-order valence-electron chi connectivity index (χ0n) is 17.9. The van der Waals surface area contributed by atoms with E-state index < -0.39 is 5.60 Å². The van der Waals surface area contributed by atoms with Crippen molar-refractivity contribution in [2.24, 2.45) is 7.05 Å². The van der Waals surface area contributed by atoms with Crippen LogP contribution in [0, 0.1) is 0 Å². The van der Waals surface area contributed by atoms with Gasteiger partial charge in [0.25, 0.3) is 5.89 Å². The second-order valence-corrected chi connectivity index (χ2v) is 8.19. The van der Waals surface area contributed by atoms with Crippen LogP contribution in [-0.2, 0) is 41.4 Å². The predicted octanol–water partition coefficient (Wildman–Crippen LogP) is 2.51. The van der Waals surface area contributed by atoms with Crippen LogP contribution in [0.2, 0.25) is 0 Å². The predicted molar refractivity (Wildman–Crippen MR) is 106 cm³/mol. The minimum atomic E-state index is -0.589. The van der Waals surface area contributed by atoms with Gasteiger partial charge in [-0.2, -0.15) is 10.1 Å². The highest BCUT2D eigenvalue weighted by molar-refractivity contribution is 5.79. The van der Waals surface area contributed by atoms with Crippen molar-refractivity contribution in [3.8, 4) is 0 Å². The monoisotopic (exact) mass is 401 g/mol. The Labute approximate surface area is 171 Å². The van der Waals surface area contributed by atoms with Crippen LogP contribution >= 0.6 is 0 Å². The Morgan fingerprint density at radius 2 is 1.97 bits per heavy atom. The highest BCUT2D eigenvalue weighted by Crippen LogP contribution is 2.41. The van der Waals surface area contributed by atoms with Crippen molar-refractivity contribution in [1.82, 2.24) is 24.8 Å². The summed E-state index contributed by atoms with van der Waals surface area (Å²) in [7, 11) is 3.65. The number of carbonyl (C=O) groups is 1. The van der Waals surface area contributed by atoms with Crippen molar-refractivity contribution < 1.29 is 14.1 Å². The summed E-state index contributed by atoms with van der Waals surface area (Å²) >= 11 is 0. The van der Waals surface area contributed by atoms with Gasteiger partial charge in [-0.05, 0) is 25.7 Å². The Kier molecular flexibility index (Phi) is 5.46. The summed E-state index contributed by atoms with van der Waals surface area (Å²) < 4.78 is 13.3. The number of aromatic nitrogens is 4. The van der Waals surface area contributed by atoms with E-state index in [4.69, 9.17) is 9.26 Å². The Hall–Kier alpha value is -2.22. The van der Waals surface area contributed by atoms with E-state index in [1.54, 1.807) is 7.11 Å². The molecule has 1 saturated carbocycles. The summed E-state index contributed by atoms with van der Waals surface area (Å²) in [5, 5.41) is 8.73. The molecule has 2 aliphatic rings. The molecule has 0 unspecified atom stereocenters. The van der Waals surface area contributed by atoms with Crippen molar-refractivity contribution in [1.29, 1.82) is 0 Å². The van der Waals surface area contributed by atoms with E-state index in [2.05, 4.69) is 29.1 Å². The number of aryl methyl sites for hydroxylation is 2. The van der Waals surface area contributed by atoms with E-state index in [0.717, 1.165) is 48.5 Å². The molecule has 29 heavy (non-hydrogen) atoms. The molecule has 158 valence electrons. The SMILES string of the molecule is CCc1nn(C)c(CC)c1CC(=O)N1CCC(OC)(c2nc(C3CC3)no2)CC1. The standard InChI is InChI=1S/C21H31N5O3/c1-5-16-15(17(6-2)25(3)23-16)13-18(27)26-11-9-21(28-4,10-12-26)20-22-19(24-29-20)14-7-8-14/h14H,5-13H2,1-4H3. The molecule has 0 spiro atoms. The molecular weight excluding hydrogens is 370 g/mol. The fourth-order valence-corrected chi connectivity index (χ4v) is 4.41. The van der Waals surface area contributed by atoms with Gasteiger partial charge < -0.3 is 14.2 Å². The van der Waals surface area contributed by atoms with Crippen molar-refractivity contribution in [2.45, 2.75) is 70.3 Å². The lowest BCUT2D eigenvalue weighted by atomic mass is 9.90. The third-order valence-corrected chi connectivity index (χ3v) is 6.44. The van der Waals surface area contributed by atoms with Crippen LogP contribution in [0.25, 0.3) is 0 Å². The first kappa shape index (κ1) is 20.1. The molecule has 8 nitrogen and oxygen atoms in total. The molecule has 0 aromatic carbocycles. The summed E-state index contributed by atoms with van der Waals surface area (Å²) in [6.45, 7) is 5.44. The quantitative estimate of drug-likeness (QED) is 0.709. The largest absolute Gasteiger partial charge is 0.368 e. The number of piperidine rings is 1. The maximum absolute atomic E-state index is 13.0. The molecule has 2 fully saturated rings. The van der Waals surface area contributed by atoms with E-state index in [0.29, 0.717) is 44.2 Å². The second kappa shape index (κ2) is 7.89. The van der Waals surface area contributed by atoms with Gasteiger partial charge in [0, 0.05) is 57.3 Å². The molecule has 0 bridgehead atoms. The van der Waals surface area contributed by atoms with Gasteiger partial charge in [-0.15, -0.1) is 0 Å². The minimum absolute atomic E-state index is 0.149. The summed E-state index contributed by atoms with van der Waals surface area (Å²) in [6, 6.07) is 0. The maximum atomic E-state index is 13.0. The summed E-state index contributed by atoms with van der Waals surface area (Å²) in [5.41, 5.74) is 2.68. The van der Waals surface area contributed by atoms with Gasteiger partial charge >= 0.3 is 0 Å². The van der Waals surface area contributed by atoms with Crippen LogP contribution in [0.3, 0.4) is 0 Å². The molecule has 1 amide bonds. The average Bonchev–Trinajstić information content (AvgIpc) is 3.39. The third kappa shape index (κ3) is 3.70. The summed E-state index contributed by atoms with van der Waals surface area (Å²) in [5.74, 6) is 1.95. The Morgan fingerprint density at radius 3 is 2.55 bits per heavy atom. The number of hydrogen-bond donors (Lipinski definition) is 0. The van der Waals surface area contributed by atoms with Gasteiger partial charge in [-0.25, -0.2) is 0 Å². The van der Waals surface area contributed by atoms with Gasteiger partial charge in [0.05, 0.1) is 12.1 Å². The van der Waals surface area contributed by atoms with Gasteiger partial charge in [0.2, 0.25) is 5.91 Å². The first-order valence-corrected chi connectivity index (χ1v) is 10.7. The first-order valence-electron chi connectivity index (χ1n) is 10.7. The van der Waals surface area contributed by atoms with Crippen LogP contribution < -0.4 is 0 Å². The van der Waals surface area contributed by atoms with E-state index in [9.17, 15) is 4.79 Å². The van der Waals surface area contributed by atoms with Gasteiger partial charge in [-0.1, -0.05) is 19.0 Å². The number of methoxy groups -OCH3 is 1. The number of hydrogen-bond acceptors (Lipinski definition) is 6. The maximum Gasteiger partial charge on any atom is 0.259 e. The van der Waals surface area contributed by atoms with E-state index in [1.165, 1.54) is 0 Å². The highest BCUT2D eigenvalue weighted by atomic mass is 16.5. The Balaban J connectivity index is 1.44. The van der Waals surface area contributed by atoms with Crippen LogP contribution in [0.1, 0.15) is 74.1 Å². The van der Waals surface area contributed by atoms with Crippen molar-refractivity contribution in [3.05, 3.63) is 28.7 Å². The van der Waals surface area contributed by atoms with Gasteiger partial charge in [0.15, 0.2) is 5.82 Å². The van der Waals surface area contributed by atoms with E-state index in [-0.39, 0.29) is 5.91 Å².